The molecule has 2 fully saturated rings. The Morgan fingerprint density at radius 1 is 1.11 bits per heavy atom. The minimum absolute atomic E-state index is 0.0646. The molecule has 7 heteroatoms. The molecule has 1 aromatic heterocycles. The molecule has 2 aliphatic rings. The predicted molar refractivity (Wildman–Crippen MR) is 142 cm³/mol. The number of H-pyrrole nitrogens is 1. The Bertz CT molecular complexity index is 1160. The van der Waals surface area contributed by atoms with Gasteiger partial charge in [0, 0.05) is 46.9 Å². The summed E-state index contributed by atoms with van der Waals surface area (Å²) in [6.45, 7) is 5.55. The van der Waals surface area contributed by atoms with Crippen LogP contribution >= 0.6 is 11.6 Å². The third kappa shape index (κ3) is 5.20. The Balaban J connectivity index is 1.13. The first-order valence-electron chi connectivity index (χ1n) is 12.8. The van der Waals surface area contributed by atoms with Crippen molar-refractivity contribution in [3.05, 3.63) is 64.8 Å². The number of fused-ring (bicyclic) bond motifs is 1. The van der Waals surface area contributed by atoms with Gasteiger partial charge in [-0.1, -0.05) is 29.8 Å². The van der Waals surface area contributed by atoms with Crippen LogP contribution in [-0.4, -0.2) is 64.7 Å². The number of aromatic amines is 1. The minimum atomic E-state index is -0.0646. The maximum absolute atomic E-state index is 12.8. The first-order valence-corrected chi connectivity index (χ1v) is 13.1. The number of aliphatic hydroxyl groups is 1. The monoisotopic (exact) mass is 494 g/mol. The maximum Gasteiger partial charge on any atom is 0.321 e. The molecule has 0 bridgehead atoms. The van der Waals surface area contributed by atoms with Crippen molar-refractivity contribution in [1.82, 2.24) is 14.8 Å². The Morgan fingerprint density at radius 3 is 2.57 bits per heavy atom. The molecule has 0 saturated carbocycles. The van der Waals surface area contributed by atoms with Gasteiger partial charge < -0.3 is 20.3 Å². The fourth-order valence-electron chi connectivity index (χ4n) is 5.95. The zero-order valence-corrected chi connectivity index (χ0v) is 21.1. The van der Waals surface area contributed by atoms with Crippen LogP contribution < -0.4 is 5.32 Å². The van der Waals surface area contributed by atoms with Gasteiger partial charge in [0.05, 0.1) is 6.61 Å². The molecular weight excluding hydrogens is 460 g/mol. The van der Waals surface area contributed by atoms with Gasteiger partial charge in [-0.3, -0.25) is 4.90 Å². The third-order valence-corrected chi connectivity index (χ3v) is 8.45. The lowest BCUT2D eigenvalue weighted by Gasteiger charge is -2.43. The normalized spacial score (nSPS) is 19.2. The van der Waals surface area contributed by atoms with E-state index in [1.54, 1.807) is 0 Å². The number of rotatable bonds is 5. The number of amides is 2. The molecule has 6 nitrogen and oxygen atoms in total. The molecule has 5 rings (SSSR count). The molecule has 1 atom stereocenters. The molecular formula is C28H35ClN4O2. The summed E-state index contributed by atoms with van der Waals surface area (Å²) in [5, 5.41) is 15.3. The molecule has 186 valence electrons. The van der Waals surface area contributed by atoms with Gasteiger partial charge in [0.2, 0.25) is 0 Å². The lowest BCUT2D eigenvalue weighted by atomic mass is 9.85. The second-order valence-corrected chi connectivity index (χ2v) is 10.5. The Labute approximate surface area is 212 Å². The minimum Gasteiger partial charge on any atom is -0.395 e. The van der Waals surface area contributed by atoms with Gasteiger partial charge in [-0.05, 0) is 92.9 Å². The van der Waals surface area contributed by atoms with E-state index in [4.69, 9.17) is 11.6 Å². The largest absolute Gasteiger partial charge is 0.395 e. The fourth-order valence-corrected chi connectivity index (χ4v) is 6.07. The van der Waals surface area contributed by atoms with Crippen molar-refractivity contribution in [2.24, 2.45) is 5.92 Å². The zero-order valence-electron chi connectivity index (χ0n) is 20.3. The molecule has 1 unspecified atom stereocenters. The zero-order chi connectivity index (χ0) is 24.4. The van der Waals surface area contributed by atoms with Crippen LogP contribution in [0.1, 0.15) is 42.7 Å². The number of benzene rings is 2. The topological polar surface area (TPSA) is 71.6 Å². The highest BCUT2D eigenvalue weighted by Crippen LogP contribution is 2.35. The number of para-hydroxylation sites is 1. The van der Waals surface area contributed by atoms with E-state index < -0.39 is 0 Å². The number of aliphatic hydroxyl groups excluding tert-OH is 1. The molecule has 2 aliphatic heterocycles. The van der Waals surface area contributed by atoms with E-state index in [9.17, 15) is 9.90 Å². The van der Waals surface area contributed by atoms with Crippen LogP contribution in [0.2, 0.25) is 5.02 Å². The second-order valence-electron chi connectivity index (χ2n) is 10.1. The molecule has 3 N–H and O–H groups in total. The average molecular weight is 495 g/mol. The fraction of sp³-hybridized carbons (Fsp3) is 0.464. The van der Waals surface area contributed by atoms with E-state index >= 15 is 0 Å². The van der Waals surface area contributed by atoms with Crippen LogP contribution in [0.4, 0.5) is 10.5 Å². The number of likely N-dealkylation sites (tertiary alicyclic amines) is 2. The molecule has 2 saturated heterocycles. The molecule has 3 aromatic rings. The van der Waals surface area contributed by atoms with Gasteiger partial charge in [0.1, 0.15) is 0 Å². The Hall–Kier alpha value is -2.54. The number of carbonyl (C=O) groups is 1. The lowest BCUT2D eigenvalue weighted by Crippen LogP contribution is -2.51. The SMILES string of the molecule is Cc1cc(NC(=O)N2CCC(C(CO)N3CCC(c4c[nH]c5ccccc45)CC3)CC2)ccc1Cl. The van der Waals surface area contributed by atoms with Crippen LogP contribution in [0, 0.1) is 12.8 Å². The summed E-state index contributed by atoms with van der Waals surface area (Å²) in [6.07, 6.45) is 6.24. The number of hydrogen-bond acceptors (Lipinski definition) is 3. The summed E-state index contributed by atoms with van der Waals surface area (Å²) in [6, 6.07) is 14.2. The molecule has 3 heterocycles. The van der Waals surface area contributed by atoms with Crippen molar-refractivity contribution >= 4 is 34.2 Å². The van der Waals surface area contributed by atoms with Crippen LogP contribution in [-0.2, 0) is 0 Å². The number of hydrogen-bond donors (Lipinski definition) is 3. The first kappa shape index (κ1) is 24.2. The summed E-state index contributed by atoms with van der Waals surface area (Å²) < 4.78 is 0. The van der Waals surface area contributed by atoms with Gasteiger partial charge in [-0.15, -0.1) is 0 Å². The van der Waals surface area contributed by atoms with Crippen LogP contribution in [0.5, 0.6) is 0 Å². The van der Waals surface area contributed by atoms with E-state index in [2.05, 4.69) is 45.7 Å². The van der Waals surface area contributed by atoms with Crippen LogP contribution in [0.3, 0.4) is 0 Å². The Morgan fingerprint density at radius 2 is 1.86 bits per heavy atom. The van der Waals surface area contributed by atoms with Crippen molar-refractivity contribution < 1.29 is 9.90 Å². The summed E-state index contributed by atoms with van der Waals surface area (Å²) in [5.74, 6) is 0.968. The standard InChI is InChI=1S/C28H35ClN4O2/c1-19-16-22(6-7-25(19)29)31-28(35)33-14-10-21(11-15-33)27(18-34)32-12-8-20(9-13-32)24-17-30-26-5-3-2-4-23(24)26/h2-7,16-17,20-21,27,30,34H,8-15,18H2,1H3,(H,31,35). The smallest absolute Gasteiger partial charge is 0.321 e. The molecule has 0 radical (unpaired) electrons. The highest BCUT2D eigenvalue weighted by atomic mass is 35.5. The average Bonchev–Trinajstić information content (AvgIpc) is 3.32. The molecule has 0 aliphatic carbocycles. The van der Waals surface area contributed by atoms with Crippen molar-refractivity contribution in [2.75, 3.05) is 38.1 Å². The highest BCUT2D eigenvalue weighted by molar-refractivity contribution is 6.31. The van der Waals surface area contributed by atoms with E-state index in [1.807, 2.05) is 30.0 Å². The molecule has 35 heavy (non-hydrogen) atoms. The van der Waals surface area contributed by atoms with Crippen molar-refractivity contribution in [2.45, 2.75) is 44.6 Å². The number of aromatic nitrogens is 1. The van der Waals surface area contributed by atoms with Crippen molar-refractivity contribution in [3.8, 4) is 0 Å². The number of carbonyl (C=O) groups excluding carboxylic acids is 1. The van der Waals surface area contributed by atoms with Gasteiger partial charge in [0.25, 0.3) is 0 Å². The summed E-state index contributed by atoms with van der Waals surface area (Å²) in [4.78, 5) is 20.6. The van der Waals surface area contributed by atoms with E-state index in [1.165, 1.54) is 16.5 Å². The number of anilines is 1. The number of nitrogens with one attached hydrogen (secondary N) is 2. The summed E-state index contributed by atoms with van der Waals surface area (Å²) >= 11 is 6.10. The lowest BCUT2D eigenvalue weighted by molar-refractivity contribution is 0.0393. The van der Waals surface area contributed by atoms with Gasteiger partial charge in [-0.2, -0.15) is 0 Å². The molecule has 0 spiro atoms. The van der Waals surface area contributed by atoms with Gasteiger partial charge in [0.15, 0.2) is 0 Å². The number of nitrogens with zero attached hydrogens (tertiary/aromatic N) is 2. The van der Waals surface area contributed by atoms with Crippen LogP contribution in [0.15, 0.2) is 48.7 Å². The van der Waals surface area contributed by atoms with Crippen LogP contribution in [0.25, 0.3) is 10.9 Å². The highest BCUT2D eigenvalue weighted by Gasteiger charge is 2.34. The predicted octanol–water partition coefficient (Wildman–Crippen LogP) is 5.61. The Kier molecular flexibility index (Phi) is 7.32. The van der Waals surface area contributed by atoms with E-state index in [0.717, 1.165) is 50.0 Å². The second kappa shape index (κ2) is 10.6. The third-order valence-electron chi connectivity index (χ3n) is 8.03. The molecule has 2 amide bonds. The van der Waals surface area contributed by atoms with Gasteiger partial charge in [-0.25, -0.2) is 4.79 Å². The number of halogens is 1. The quantitative estimate of drug-likeness (QED) is 0.431. The first-order chi connectivity index (χ1) is 17.0. The maximum atomic E-state index is 12.8. The summed E-state index contributed by atoms with van der Waals surface area (Å²) in [7, 11) is 0. The number of aryl methyl sites for hydroxylation is 1. The number of urea groups is 1. The molecule has 2 aromatic carbocycles. The number of piperidine rings is 2. The van der Waals surface area contributed by atoms with E-state index in [-0.39, 0.29) is 18.7 Å². The van der Waals surface area contributed by atoms with E-state index in [0.29, 0.717) is 29.9 Å². The summed E-state index contributed by atoms with van der Waals surface area (Å²) in [5.41, 5.74) is 4.35. The van der Waals surface area contributed by atoms with Crippen molar-refractivity contribution in [1.29, 1.82) is 0 Å². The van der Waals surface area contributed by atoms with Gasteiger partial charge >= 0.3 is 6.03 Å². The van der Waals surface area contributed by atoms with Crippen molar-refractivity contribution in [3.63, 3.8) is 0 Å².